The average molecular weight is 330 g/mol. The predicted molar refractivity (Wildman–Crippen MR) is 84.0 cm³/mol. The molecule has 1 aromatic carbocycles. The molecule has 124 valence electrons. The van der Waals surface area contributed by atoms with Gasteiger partial charge in [0.25, 0.3) is 0 Å². The molecular weight excluding hydrogens is 306 g/mol. The van der Waals surface area contributed by atoms with Gasteiger partial charge in [-0.2, -0.15) is 0 Å². The molecule has 0 fully saturated rings. The van der Waals surface area contributed by atoms with Crippen LogP contribution in [0.5, 0.6) is 0 Å². The minimum atomic E-state index is -2.19. The lowest BCUT2D eigenvalue weighted by Gasteiger charge is -2.39. The number of methoxy groups -OCH3 is 1. The van der Waals surface area contributed by atoms with Gasteiger partial charge in [-0.25, -0.2) is 8.78 Å². The zero-order valence-corrected chi connectivity index (χ0v) is 15.0. The molecule has 0 aliphatic heterocycles. The van der Waals surface area contributed by atoms with Crippen LogP contribution in [0.3, 0.4) is 0 Å². The SMILES string of the molecule is COC(=O)CC(O[Si](C)(C)C(C)(C)C)c1ccc(F)c(F)c1. The van der Waals surface area contributed by atoms with Crippen LogP contribution in [0, 0.1) is 11.6 Å². The van der Waals surface area contributed by atoms with Gasteiger partial charge in [-0.3, -0.25) is 4.79 Å². The molecule has 0 aliphatic carbocycles. The van der Waals surface area contributed by atoms with E-state index in [1.165, 1.54) is 13.2 Å². The van der Waals surface area contributed by atoms with Crippen molar-refractivity contribution in [2.75, 3.05) is 7.11 Å². The van der Waals surface area contributed by atoms with Gasteiger partial charge in [0.1, 0.15) is 0 Å². The first-order chi connectivity index (χ1) is 9.98. The standard InChI is InChI=1S/C16H24F2O3Si/c1-16(2,3)22(5,6)21-14(10-15(19)20-4)11-7-8-12(17)13(18)9-11/h7-9,14H,10H2,1-6H3. The lowest BCUT2D eigenvalue weighted by Crippen LogP contribution is -2.42. The minimum Gasteiger partial charge on any atom is -0.469 e. The van der Waals surface area contributed by atoms with Crippen molar-refractivity contribution in [2.45, 2.75) is 51.4 Å². The van der Waals surface area contributed by atoms with Gasteiger partial charge in [-0.05, 0) is 35.8 Å². The smallest absolute Gasteiger partial charge is 0.308 e. The quantitative estimate of drug-likeness (QED) is 0.585. The highest BCUT2D eigenvalue weighted by Gasteiger charge is 2.40. The van der Waals surface area contributed by atoms with E-state index >= 15 is 0 Å². The molecule has 0 aliphatic rings. The predicted octanol–water partition coefficient (Wildman–Crippen LogP) is 4.59. The number of esters is 1. The Labute approximate surface area is 131 Å². The Morgan fingerprint density at radius 1 is 1.23 bits per heavy atom. The molecular formula is C16H24F2O3Si. The third-order valence-corrected chi connectivity index (χ3v) is 8.62. The van der Waals surface area contributed by atoms with Gasteiger partial charge in [0.05, 0.1) is 19.6 Å². The number of rotatable bonds is 5. The lowest BCUT2D eigenvalue weighted by atomic mass is 10.1. The van der Waals surface area contributed by atoms with Gasteiger partial charge in [-0.1, -0.05) is 26.8 Å². The largest absolute Gasteiger partial charge is 0.469 e. The summed E-state index contributed by atoms with van der Waals surface area (Å²) in [5.41, 5.74) is 0.439. The average Bonchev–Trinajstić information content (AvgIpc) is 2.39. The number of carbonyl (C=O) groups excluding carboxylic acids is 1. The summed E-state index contributed by atoms with van der Waals surface area (Å²) in [5.74, 6) is -2.33. The first kappa shape index (κ1) is 18.8. The fourth-order valence-electron chi connectivity index (χ4n) is 1.71. The molecule has 0 heterocycles. The summed E-state index contributed by atoms with van der Waals surface area (Å²) in [4.78, 5) is 11.6. The molecule has 0 spiro atoms. The van der Waals surface area contributed by atoms with E-state index in [9.17, 15) is 13.6 Å². The van der Waals surface area contributed by atoms with Crippen LogP contribution < -0.4 is 0 Å². The molecule has 1 rings (SSSR count). The summed E-state index contributed by atoms with van der Waals surface area (Å²) in [5, 5.41) is -0.0695. The Kier molecular flexibility index (Phi) is 5.87. The van der Waals surface area contributed by atoms with Gasteiger partial charge in [0.15, 0.2) is 20.0 Å². The Hall–Kier alpha value is -1.27. The van der Waals surface area contributed by atoms with Gasteiger partial charge >= 0.3 is 5.97 Å². The van der Waals surface area contributed by atoms with Crippen molar-refractivity contribution in [2.24, 2.45) is 0 Å². The highest BCUT2D eigenvalue weighted by atomic mass is 28.4. The fraction of sp³-hybridized carbons (Fsp3) is 0.562. The topological polar surface area (TPSA) is 35.5 Å². The van der Waals surface area contributed by atoms with Crippen LogP contribution in [0.15, 0.2) is 18.2 Å². The van der Waals surface area contributed by atoms with Crippen molar-refractivity contribution in [3.05, 3.63) is 35.4 Å². The van der Waals surface area contributed by atoms with E-state index in [1.807, 2.05) is 13.1 Å². The van der Waals surface area contributed by atoms with Crippen LogP contribution in [-0.4, -0.2) is 21.4 Å². The van der Waals surface area contributed by atoms with E-state index in [4.69, 9.17) is 4.43 Å². The molecule has 0 aromatic heterocycles. The molecule has 0 saturated heterocycles. The molecule has 1 aromatic rings. The Morgan fingerprint density at radius 2 is 1.82 bits per heavy atom. The maximum Gasteiger partial charge on any atom is 0.308 e. The Bertz CT molecular complexity index is 539. The van der Waals surface area contributed by atoms with Gasteiger partial charge in [0.2, 0.25) is 0 Å². The van der Waals surface area contributed by atoms with Crippen molar-refractivity contribution >= 4 is 14.3 Å². The number of hydrogen-bond donors (Lipinski definition) is 0. The van der Waals surface area contributed by atoms with Crippen LogP contribution in [-0.2, 0) is 14.0 Å². The summed E-state index contributed by atoms with van der Waals surface area (Å²) >= 11 is 0. The first-order valence-corrected chi connectivity index (χ1v) is 10.1. The second-order valence-corrected chi connectivity index (χ2v) is 11.6. The molecule has 0 bridgehead atoms. The Morgan fingerprint density at radius 3 is 2.27 bits per heavy atom. The zero-order chi connectivity index (χ0) is 17.1. The van der Waals surface area contributed by atoms with E-state index in [2.05, 4.69) is 25.5 Å². The van der Waals surface area contributed by atoms with Crippen molar-refractivity contribution < 1.29 is 22.7 Å². The molecule has 0 saturated carbocycles. The van der Waals surface area contributed by atoms with E-state index in [0.717, 1.165) is 12.1 Å². The maximum atomic E-state index is 13.5. The minimum absolute atomic E-state index is 0.0336. The molecule has 0 N–H and O–H groups in total. The van der Waals surface area contributed by atoms with Crippen molar-refractivity contribution in [1.29, 1.82) is 0 Å². The van der Waals surface area contributed by atoms with Gasteiger partial charge < -0.3 is 9.16 Å². The summed E-state index contributed by atoms with van der Waals surface area (Å²) in [7, 11) is -0.897. The summed E-state index contributed by atoms with van der Waals surface area (Å²) in [6, 6.07) is 3.57. The summed E-state index contributed by atoms with van der Waals surface area (Å²) < 4.78 is 37.5. The number of hydrogen-bond acceptors (Lipinski definition) is 3. The maximum absolute atomic E-state index is 13.5. The molecule has 3 nitrogen and oxygen atoms in total. The number of benzene rings is 1. The van der Waals surface area contributed by atoms with Crippen LogP contribution in [0.4, 0.5) is 8.78 Å². The molecule has 22 heavy (non-hydrogen) atoms. The number of ether oxygens (including phenoxy) is 1. The van der Waals surface area contributed by atoms with Crippen molar-refractivity contribution in [3.8, 4) is 0 Å². The third-order valence-electron chi connectivity index (χ3n) is 4.14. The second kappa shape index (κ2) is 6.87. The van der Waals surface area contributed by atoms with E-state index in [-0.39, 0.29) is 11.5 Å². The van der Waals surface area contributed by atoms with Crippen molar-refractivity contribution in [1.82, 2.24) is 0 Å². The van der Waals surface area contributed by atoms with Crippen LogP contribution in [0.1, 0.15) is 38.9 Å². The van der Waals surface area contributed by atoms with E-state index in [1.54, 1.807) is 0 Å². The summed E-state index contributed by atoms with van der Waals surface area (Å²) in [6.45, 7) is 10.3. The second-order valence-electron chi connectivity index (χ2n) is 6.82. The molecule has 1 atom stereocenters. The number of halogens is 2. The first-order valence-electron chi connectivity index (χ1n) is 7.17. The third kappa shape index (κ3) is 4.61. The Balaban J connectivity index is 3.13. The number of carbonyl (C=O) groups is 1. The summed E-state index contributed by atoms with van der Waals surface area (Å²) in [6.07, 6.45) is -0.683. The van der Waals surface area contributed by atoms with Gasteiger partial charge in [0, 0.05) is 0 Å². The van der Waals surface area contributed by atoms with Crippen LogP contribution in [0.25, 0.3) is 0 Å². The van der Waals surface area contributed by atoms with E-state index in [0.29, 0.717) is 5.56 Å². The highest BCUT2D eigenvalue weighted by Crippen LogP contribution is 2.40. The van der Waals surface area contributed by atoms with Crippen LogP contribution in [0.2, 0.25) is 18.1 Å². The zero-order valence-electron chi connectivity index (χ0n) is 14.0. The van der Waals surface area contributed by atoms with Gasteiger partial charge in [-0.15, -0.1) is 0 Å². The van der Waals surface area contributed by atoms with E-state index < -0.39 is 32.0 Å². The fourth-order valence-corrected chi connectivity index (χ4v) is 2.99. The lowest BCUT2D eigenvalue weighted by molar-refractivity contribution is -0.142. The normalized spacial score (nSPS) is 13.8. The van der Waals surface area contributed by atoms with Crippen LogP contribution >= 0.6 is 0 Å². The molecule has 0 amide bonds. The molecule has 1 unspecified atom stereocenters. The van der Waals surface area contributed by atoms with Crippen molar-refractivity contribution in [3.63, 3.8) is 0 Å². The monoisotopic (exact) mass is 330 g/mol. The molecule has 0 radical (unpaired) electrons. The highest BCUT2D eigenvalue weighted by molar-refractivity contribution is 6.74. The molecule has 6 heteroatoms.